The van der Waals surface area contributed by atoms with E-state index in [0.29, 0.717) is 0 Å². The Kier molecular flexibility index (Phi) is 3.91. The van der Waals surface area contributed by atoms with Gasteiger partial charge in [-0.1, -0.05) is 34.1 Å². The number of carbonyl (C=O) groups excluding carboxylic acids is 1. The number of hydrogen-bond donors (Lipinski definition) is 1. The fourth-order valence-corrected chi connectivity index (χ4v) is 1.68. The van der Waals surface area contributed by atoms with Gasteiger partial charge in [0.2, 0.25) is 5.69 Å². The third-order valence-corrected chi connectivity index (χ3v) is 3.04. The van der Waals surface area contributed by atoms with Crippen LogP contribution >= 0.6 is 15.9 Å². The van der Waals surface area contributed by atoms with Gasteiger partial charge in [-0.3, -0.25) is 9.42 Å². The van der Waals surface area contributed by atoms with Gasteiger partial charge in [-0.05, 0) is 11.0 Å². The highest BCUT2D eigenvalue weighted by Gasteiger charge is 2.22. The van der Waals surface area contributed by atoms with Gasteiger partial charge in [0.25, 0.3) is 0 Å². The Hall–Kier alpha value is -2.22. The monoisotopic (exact) mass is 324 g/mol. The van der Waals surface area contributed by atoms with Crippen molar-refractivity contribution < 1.29 is 14.3 Å². The van der Waals surface area contributed by atoms with Crippen LogP contribution in [0.2, 0.25) is 0 Å². The lowest BCUT2D eigenvalue weighted by molar-refractivity contribution is -0.806. The summed E-state index contributed by atoms with van der Waals surface area (Å²) in [5.41, 5.74) is 3.05. The highest BCUT2D eigenvalue weighted by atomic mass is 79.9. The second kappa shape index (κ2) is 5.61. The molecule has 1 aromatic carbocycles. The van der Waals surface area contributed by atoms with Gasteiger partial charge >= 0.3 is 11.6 Å². The summed E-state index contributed by atoms with van der Waals surface area (Å²) >= 11 is 3.35. The predicted molar refractivity (Wildman–Crippen MR) is 69.4 cm³/mol. The molecule has 1 amide bonds. The van der Waals surface area contributed by atoms with E-state index in [1.54, 1.807) is 0 Å². The summed E-state index contributed by atoms with van der Waals surface area (Å²) < 4.78 is 5.14. The molecule has 98 valence electrons. The molecule has 0 bridgehead atoms. The maximum Gasteiger partial charge on any atom is 0.322 e. The van der Waals surface area contributed by atoms with Crippen LogP contribution < -0.4 is 10.3 Å². The molecule has 1 aromatic heterocycles. The molecule has 1 N–H and O–H groups in total. The van der Waals surface area contributed by atoms with Crippen LogP contribution in [0.15, 0.2) is 38.5 Å². The number of nitrogens with zero attached hydrogens (tertiary/aromatic N) is 3. The van der Waals surface area contributed by atoms with Crippen molar-refractivity contribution in [2.24, 2.45) is 5.10 Å². The lowest BCUT2D eigenvalue weighted by Gasteiger charge is -1.96. The summed E-state index contributed by atoms with van der Waals surface area (Å²) in [4.78, 5) is 11.8. The van der Waals surface area contributed by atoms with Gasteiger partial charge in [-0.2, -0.15) is 5.10 Å². The molecule has 0 aliphatic carbocycles. The van der Waals surface area contributed by atoms with E-state index >= 15 is 0 Å². The highest BCUT2D eigenvalue weighted by Crippen LogP contribution is 2.13. The minimum atomic E-state index is -0.612. The smallest absolute Gasteiger partial charge is 0.322 e. The van der Waals surface area contributed by atoms with E-state index in [4.69, 9.17) is 0 Å². The van der Waals surface area contributed by atoms with Crippen LogP contribution in [0.1, 0.15) is 21.7 Å². The number of hydrazone groups is 1. The van der Waals surface area contributed by atoms with Gasteiger partial charge in [0, 0.05) is 17.0 Å². The summed E-state index contributed by atoms with van der Waals surface area (Å²) in [6.07, 6.45) is 1.47. The Morgan fingerprint density at radius 2 is 2.32 bits per heavy atom. The van der Waals surface area contributed by atoms with Gasteiger partial charge in [0.1, 0.15) is 0 Å². The van der Waals surface area contributed by atoms with Gasteiger partial charge < -0.3 is 5.21 Å². The second-order valence-corrected chi connectivity index (χ2v) is 4.44. The molecule has 0 fully saturated rings. The fourth-order valence-electron chi connectivity index (χ4n) is 1.29. The largest absolute Gasteiger partial charge is 0.359 e. The molecular weight excluding hydrogens is 316 g/mol. The van der Waals surface area contributed by atoms with Gasteiger partial charge in [0.15, 0.2) is 0 Å². The van der Waals surface area contributed by atoms with Crippen molar-refractivity contribution in [1.29, 1.82) is 0 Å². The first-order valence-corrected chi connectivity index (χ1v) is 6.03. The first kappa shape index (κ1) is 13.2. The second-order valence-electron chi connectivity index (χ2n) is 3.58. The van der Waals surface area contributed by atoms with E-state index in [2.05, 4.69) is 36.2 Å². The van der Waals surface area contributed by atoms with Crippen molar-refractivity contribution in [3.8, 4) is 0 Å². The Bertz CT molecular complexity index is 639. The van der Waals surface area contributed by atoms with Crippen LogP contribution in [-0.2, 0) is 0 Å². The van der Waals surface area contributed by atoms with Gasteiger partial charge in [0.05, 0.1) is 11.4 Å². The van der Waals surface area contributed by atoms with Crippen LogP contribution in [0.4, 0.5) is 0 Å². The zero-order valence-corrected chi connectivity index (χ0v) is 11.4. The number of benzene rings is 1. The van der Waals surface area contributed by atoms with Crippen LogP contribution in [0.3, 0.4) is 0 Å². The summed E-state index contributed by atoms with van der Waals surface area (Å²) in [6.45, 7) is 1.43. The molecule has 0 spiro atoms. The first-order chi connectivity index (χ1) is 9.09. The van der Waals surface area contributed by atoms with Crippen molar-refractivity contribution in [3.63, 3.8) is 0 Å². The average Bonchev–Trinajstić information content (AvgIpc) is 2.72. The lowest BCUT2D eigenvalue weighted by Crippen LogP contribution is -2.28. The van der Waals surface area contributed by atoms with Crippen molar-refractivity contribution >= 4 is 28.1 Å². The lowest BCUT2D eigenvalue weighted by atomic mass is 10.2. The predicted octanol–water partition coefficient (Wildman–Crippen LogP) is 1.14. The van der Waals surface area contributed by atoms with E-state index in [0.717, 1.165) is 10.0 Å². The zero-order chi connectivity index (χ0) is 13.8. The molecule has 2 rings (SSSR count). The van der Waals surface area contributed by atoms with E-state index in [9.17, 15) is 10.0 Å². The Balaban J connectivity index is 2.05. The standard InChI is InChI=1S/C11H9BrN4O3/c1-7-10(15-19-16(7)18)11(17)14-13-6-8-4-2-3-5-9(8)12/h2-6H,1H3,(H,14,17)/b13-6-. The molecule has 8 heteroatoms. The fraction of sp³-hybridized carbons (Fsp3) is 0.0909. The molecule has 0 atom stereocenters. The molecule has 1 heterocycles. The van der Waals surface area contributed by atoms with E-state index in [1.165, 1.54) is 13.1 Å². The number of halogens is 1. The van der Waals surface area contributed by atoms with Crippen molar-refractivity contribution in [1.82, 2.24) is 10.6 Å². The average molecular weight is 325 g/mol. The summed E-state index contributed by atoms with van der Waals surface area (Å²) in [6, 6.07) is 7.39. The number of amides is 1. The zero-order valence-electron chi connectivity index (χ0n) is 9.83. The topological polar surface area (TPSA) is 94.4 Å². The molecule has 0 radical (unpaired) electrons. The minimum Gasteiger partial charge on any atom is -0.359 e. The van der Waals surface area contributed by atoms with Crippen LogP contribution in [-0.4, -0.2) is 17.3 Å². The SMILES string of the molecule is Cc1c(C(=O)N/N=C\c2ccccc2Br)no[n+]1[O-]. The Morgan fingerprint density at radius 1 is 1.58 bits per heavy atom. The van der Waals surface area contributed by atoms with E-state index < -0.39 is 5.91 Å². The van der Waals surface area contributed by atoms with Crippen molar-refractivity contribution in [3.05, 3.63) is 50.9 Å². The minimum absolute atomic E-state index is 0.0774. The third kappa shape index (κ3) is 2.97. The molecule has 0 aliphatic rings. The molecule has 0 unspecified atom stereocenters. The van der Waals surface area contributed by atoms with Crippen LogP contribution in [0.5, 0.6) is 0 Å². The molecule has 0 aliphatic heterocycles. The number of aromatic nitrogens is 2. The maximum atomic E-state index is 11.6. The molecule has 2 aromatic rings. The van der Waals surface area contributed by atoms with Crippen molar-refractivity contribution in [2.45, 2.75) is 6.92 Å². The summed E-state index contributed by atoms with van der Waals surface area (Å²) in [5, 5.41) is 18.1. The molecule has 7 nitrogen and oxygen atoms in total. The van der Waals surface area contributed by atoms with Crippen molar-refractivity contribution in [2.75, 3.05) is 0 Å². The van der Waals surface area contributed by atoms with Crippen LogP contribution in [0.25, 0.3) is 0 Å². The normalized spacial score (nSPS) is 10.8. The van der Waals surface area contributed by atoms with Gasteiger partial charge in [-0.25, -0.2) is 5.43 Å². The maximum absolute atomic E-state index is 11.6. The molecule has 0 saturated carbocycles. The van der Waals surface area contributed by atoms with Crippen LogP contribution in [0, 0.1) is 12.1 Å². The Labute approximate surface area is 116 Å². The third-order valence-electron chi connectivity index (χ3n) is 2.31. The van der Waals surface area contributed by atoms with Gasteiger partial charge in [-0.15, -0.1) is 0 Å². The van der Waals surface area contributed by atoms with E-state index in [1.807, 2.05) is 24.3 Å². The van der Waals surface area contributed by atoms with E-state index in [-0.39, 0.29) is 16.3 Å². The summed E-state index contributed by atoms with van der Waals surface area (Å²) in [7, 11) is 0. The number of carbonyl (C=O) groups is 1. The Morgan fingerprint density at radius 3 is 2.95 bits per heavy atom. The quantitative estimate of drug-likeness (QED) is 0.520. The highest BCUT2D eigenvalue weighted by molar-refractivity contribution is 9.10. The molecule has 19 heavy (non-hydrogen) atoms. The number of nitrogens with one attached hydrogen (secondary N) is 1. The summed E-state index contributed by atoms with van der Waals surface area (Å²) in [5.74, 6) is -0.612. The first-order valence-electron chi connectivity index (χ1n) is 5.24. The number of hydrogen-bond acceptors (Lipinski definition) is 5. The molecule has 0 saturated heterocycles. The number of rotatable bonds is 3. The molecular formula is C11H9BrN4O3.